The van der Waals surface area contributed by atoms with Gasteiger partial charge in [-0.1, -0.05) is 12.1 Å². The maximum atomic E-state index is 12.9. The first-order valence-electron chi connectivity index (χ1n) is 7.50. The molecule has 1 aromatic carbocycles. The predicted molar refractivity (Wildman–Crippen MR) is 86.4 cm³/mol. The van der Waals surface area contributed by atoms with Crippen LogP contribution in [0.25, 0.3) is 0 Å². The van der Waals surface area contributed by atoms with Crippen molar-refractivity contribution in [1.82, 2.24) is 4.31 Å². The van der Waals surface area contributed by atoms with E-state index in [0.717, 1.165) is 35.9 Å². The van der Waals surface area contributed by atoms with Crippen molar-refractivity contribution in [3.63, 3.8) is 0 Å². The van der Waals surface area contributed by atoms with Crippen molar-refractivity contribution in [1.29, 1.82) is 0 Å². The maximum absolute atomic E-state index is 12.9. The first kappa shape index (κ1) is 17.4. The van der Waals surface area contributed by atoms with Crippen molar-refractivity contribution >= 4 is 21.4 Å². The molecule has 130 valence electrons. The molecule has 1 heterocycles. The fraction of sp³-hybridized carbons (Fsp3) is 0.375. The monoisotopic (exact) mass is 375 g/mol. The van der Waals surface area contributed by atoms with Crippen molar-refractivity contribution in [3.8, 4) is 0 Å². The molecular formula is C16H16F3NO2S2. The summed E-state index contributed by atoms with van der Waals surface area (Å²) in [6.45, 7) is 0.282. The van der Waals surface area contributed by atoms with Gasteiger partial charge in [0.05, 0.1) is 10.5 Å². The van der Waals surface area contributed by atoms with Gasteiger partial charge < -0.3 is 0 Å². The van der Waals surface area contributed by atoms with Crippen LogP contribution >= 0.6 is 11.3 Å². The van der Waals surface area contributed by atoms with Crippen molar-refractivity contribution < 1.29 is 21.6 Å². The molecule has 0 amide bonds. The number of hydrogen-bond acceptors (Lipinski definition) is 3. The average molecular weight is 375 g/mol. The number of thiophene rings is 1. The van der Waals surface area contributed by atoms with Crippen LogP contribution in [0.4, 0.5) is 13.2 Å². The molecular weight excluding hydrogens is 359 g/mol. The summed E-state index contributed by atoms with van der Waals surface area (Å²) < 4.78 is 65.5. The number of nitrogens with zero attached hydrogens (tertiary/aromatic N) is 1. The van der Waals surface area contributed by atoms with Crippen LogP contribution in [0.3, 0.4) is 0 Å². The number of alkyl halides is 3. The third kappa shape index (κ3) is 3.81. The second-order valence-corrected chi connectivity index (χ2v) is 8.62. The number of halogens is 3. The van der Waals surface area contributed by atoms with Crippen LogP contribution in [0.15, 0.2) is 46.7 Å². The Hall–Kier alpha value is -1.38. The third-order valence-corrected chi connectivity index (χ3v) is 6.76. The van der Waals surface area contributed by atoms with E-state index >= 15 is 0 Å². The minimum absolute atomic E-state index is 0.107. The lowest BCUT2D eigenvalue weighted by Crippen LogP contribution is -2.35. The highest BCUT2D eigenvalue weighted by Gasteiger charge is 2.39. The minimum Gasteiger partial charge on any atom is -0.207 e. The molecule has 0 N–H and O–H groups in total. The zero-order chi connectivity index (χ0) is 17.4. The van der Waals surface area contributed by atoms with Gasteiger partial charge in [-0.15, -0.1) is 11.3 Å². The minimum atomic E-state index is -4.56. The second-order valence-electron chi connectivity index (χ2n) is 5.70. The van der Waals surface area contributed by atoms with Gasteiger partial charge >= 0.3 is 6.18 Å². The van der Waals surface area contributed by atoms with Crippen LogP contribution in [-0.2, 0) is 22.6 Å². The fourth-order valence-corrected chi connectivity index (χ4v) is 4.94. The summed E-state index contributed by atoms with van der Waals surface area (Å²) in [5.41, 5.74) is -0.947. The van der Waals surface area contributed by atoms with Gasteiger partial charge in [0.25, 0.3) is 0 Å². The quantitative estimate of drug-likeness (QED) is 0.760. The van der Waals surface area contributed by atoms with Crippen molar-refractivity contribution in [2.75, 3.05) is 6.54 Å². The highest BCUT2D eigenvalue weighted by molar-refractivity contribution is 7.89. The van der Waals surface area contributed by atoms with Gasteiger partial charge in [-0.05, 0) is 48.9 Å². The fourth-order valence-electron chi connectivity index (χ4n) is 2.51. The smallest absolute Gasteiger partial charge is 0.207 e. The second kappa shape index (κ2) is 6.50. The molecule has 0 unspecified atom stereocenters. The topological polar surface area (TPSA) is 37.4 Å². The largest absolute Gasteiger partial charge is 0.416 e. The Morgan fingerprint density at radius 2 is 1.92 bits per heavy atom. The summed E-state index contributed by atoms with van der Waals surface area (Å²) in [4.78, 5) is 0.760. The standard InChI is InChI=1S/C16H16F3NO2S2/c17-16(18,19)12-3-1-5-15(11-12)24(21,22)20(13-6-7-13)9-8-14-4-2-10-23-14/h1-5,10-11,13H,6-9H2. The Morgan fingerprint density at radius 3 is 2.50 bits per heavy atom. The summed E-state index contributed by atoms with van der Waals surface area (Å²) in [5.74, 6) is 0. The first-order chi connectivity index (χ1) is 11.3. The van der Waals surface area contributed by atoms with E-state index in [2.05, 4.69) is 0 Å². The molecule has 0 radical (unpaired) electrons. The molecule has 0 aliphatic heterocycles. The van der Waals surface area contributed by atoms with Gasteiger partial charge in [-0.25, -0.2) is 8.42 Å². The molecule has 1 saturated carbocycles. The first-order valence-corrected chi connectivity index (χ1v) is 9.82. The van der Waals surface area contributed by atoms with Crippen LogP contribution in [0.5, 0.6) is 0 Å². The number of rotatable bonds is 6. The molecule has 3 rings (SSSR count). The maximum Gasteiger partial charge on any atom is 0.416 e. The summed E-state index contributed by atoms with van der Waals surface area (Å²) >= 11 is 1.54. The molecule has 1 aromatic heterocycles. The van der Waals surface area contributed by atoms with Crippen LogP contribution in [-0.4, -0.2) is 25.3 Å². The Labute approximate surface area is 142 Å². The van der Waals surface area contributed by atoms with E-state index in [9.17, 15) is 21.6 Å². The van der Waals surface area contributed by atoms with E-state index in [-0.39, 0.29) is 17.5 Å². The summed E-state index contributed by atoms with van der Waals surface area (Å²) in [6, 6.07) is 7.67. The van der Waals surface area contributed by atoms with Gasteiger partial charge in [0.2, 0.25) is 10.0 Å². The normalized spacial score (nSPS) is 15.8. The molecule has 1 fully saturated rings. The molecule has 1 aliphatic rings. The van der Waals surface area contributed by atoms with Crippen molar-refractivity contribution in [2.24, 2.45) is 0 Å². The molecule has 0 saturated heterocycles. The van der Waals surface area contributed by atoms with E-state index < -0.39 is 21.8 Å². The van der Waals surface area contributed by atoms with E-state index in [4.69, 9.17) is 0 Å². The number of benzene rings is 1. The third-order valence-electron chi connectivity index (χ3n) is 3.88. The predicted octanol–water partition coefficient (Wildman–Crippen LogP) is 4.16. The van der Waals surface area contributed by atoms with Crippen LogP contribution in [0.2, 0.25) is 0 Å². The molecule has 24 heavy (non-hydrogen) atoms. The van der Waals surface area contributed by atoms with E-state index in [1.54, 1.807) is 0 Å². The highest BCUT2D eigenvalue weighted by atomic mass is 32.2. The van der Waals surface area contributed by atoms with Crippen molar-refractivity contribution in [2.45, 2.75) is 36.4 Å². The SMILES string of the molecule is O=S(=O)(c1cccc(C(F)(F)F)c1)N(CCc1cccs1)C1CC1. The van der Waals surface area contributed by atoms with Gasteiger partial charge in [-0.3, -0.25) is 0 Å². The van der Waals surface area contributed by atoms with Crippen molar-refractivity contribution in [3.05, 3.63) is 52.2 Å². The van der Waals surface area contributed by atoms with E-state index in [1.807, 2.05) is 17.5 Å². The molecule has 2 aromatic rings. The Morgan fingerprint density at radius 1 is 1.17 bits per heavy atom. The summed E-state index contributed by atoms with van der Waals surface area (Å²) in [5, 5.41) is 1.91. The molecule has 0 spiro atoms. The lowest BCUT2D eigenvalue weighted by molar-refractivity contribution is -0.137. The van der Waals surface area contributed by atoms with Crippen LogP contribution < -0.4 is 0 Å². The molecule has 3 nitrogen and oxygen atoms in total. The Balaban J connectivity index is 1.86. The lowest BCUT2D eigenvalue weighted by Gasteiger charge is -2.22. The molecule has 1 aliphatic carbocycles. The van der Waals surface area contributed by atoms with Gasteiger partial charge in [0, 0.05) is 17.5 Å². The average Bonchev–Trinajstić information content (AvgIpc) is 3.21. The Bertz CT molecular complexity index is 797. The Kier molecular flexibility index (Phi) is 4.72. The highest BCUT2D eigenvalue weighted by Crippen LogP contribution is 2.35. The number of sulfonamides is 1. The molecule has 0 atom stereocenters. The lowest BCUT2D eigenvalue weighted by atomic mass is 10.2. The van der Waals surface area contributed by atoms with Crippen LogP contribution in [0, 0.1) is 0 Å². The van der Waals surface area contributed by atoms with E-state index in [0.29, 0.717) is 6.42 Å². The summed E-state index contributed by atoms with van der Waals surface area (Å²) in [6.07, 6.45) is -2.50. The molecule has 8 heteroatoms. The number of hydrogen-bond donors (Lipinski definition) is 0. The van der Waals surface area contributed by atoms with Gasteiger partial charge in [0.15, 0.2) is 0 Å². The van der Waals surface area contributed by atoms with E-state index in [1.165, 1.54) is 21.7 Å². The zero-order valence-corrected chi connectivity index (χ0v) is 14.3. The zero-order valence-electron chi connectivity index (χ0n) is 12.7. The van der Waals surface area contributed by atoms with Crippen LogP contribution in [0.1, 0.15) is 23.3 Å². The summed E-state index contributed by atoms with van der Waals surface area (Å²) in [7, 11) is -3.94. The van der Waals surface area contributed by atoms with Gasteiger partial charge in [-0.2, -0.15) is 17.5 Å². The van der Waals surface area contributed by atoms with Gasteiger partial charge in [0.1, 0.15) is 0 Å². The molecule has 0 bridgehead atoms.